The Hall–Kier alpha value is -2.13. The van der Waals surface area contributed by atoms with Gasteiger partial charge in [-0.15, -0.1) is 0 Å². The van der Waals surface area contributed by atoms with Crippen molar-refractivity contribution in [2.45, 2.75) is 51.7 Å². The molecule has 1 fully saturated rings. The fourth-order valence-corrected chi connectivity index (χ4v) is 2.93. The van der Waals surface area contributed by atoms with Crippen molar-refractivity contribution in [1.82, 2.24) is 19.5 Å². The number of anilines is 1. The van der Waals surface area contributed by atoms with Gasteiger partial charge >= 0.3 is 11.7 Å². The number of H-pyrrole nitrogens is 1. The van der Waals surface area contributed by atoms with Crippen LogP contribution in [-0.2, 0) is 16.0 Å². The predicted octanol–water partition coefficient (Wildman–Crippen LogP) is 1.47. The molecule has 0 bridgehead atoms. The number of nitrogens with one attached hydrogen (secondary N) is 1. The molecule has 9 nitrogen and oxygen atoms in total. The van der Waals surface area contributed by atoms with E-state index < -0.39 is 0 Å². The average Bonchev–Trinajstić information content (AvgIpc) is 3.24. The van der Waals surface area contributed by atoms with Crippen LogP contribution in [0, 0.1) is 0 Å². The SMILES string of the molecule is CCCCOc1nc(N)c2[nH]c(=O)n(CCCOCC3CCCO3)c2n1. The molecule has 0 radical (unpaired) electrons. The fourth-order valence-electron chi connectivity index (χ4n) is 2.93. The summed E-state index contributed by atoms with van der Waals surface area (Å²) < 4.78 is 18.2. The van der Waals surface area contributed by atoms with Gasteiger partial charge in [-0.1, -0.05) is 13.3 Å². The van der Waals surface area contributed by atoms with Gasteiger partial charge in [0.2, 0.25) is 0 Å². The molecule has 1 saturated heterocycles. The van der Waals surface area contributed by atoms with Crippen molar-refractivity contribution >= 4 is 17.0 Å². The minimum atomic E-state index is -0.258. The Balaban J connectivity index is 1.61. The van der Waals surface area contributed by atoms with Gasteiger partial charge < -0.3 is 24.9 Å². The van der Waals surface area contributed by atoms with Gasteiger partial charge in [-0.25, -0.2) is 4.79 Å². The third kappa shape index (κ3) is 4.53. The summed E-state index contributed by atoms with van der Waals surface area (Å²) in [5.74, 6) is 0.215. The van der Waals surface area contributed by atoms with Gasteiger partial charge in [-0.3, -0.25) is 4.57 Å². The Morgan fingerprint density at radius 3 is 3.00 bits per heavy atom. The number of nitrogen functional groups attached to an aromatic ring is 1. The maximum absolute atomic E-state index is 12.2. The lowest BCUT2D eigenvalue weighted by Crippen LogP contribution is -2.19. The lowest BCUT2D eigenvalue weighted by molar-refractivity contribution is 0.0158. The number of rotatable bonds is 10. The number of hydrogen-bond acceptors (Lipinski definition) is 7. The molecule has 0 aliphatic carbocycles. The van der Waals surface area contributed by atoms with Gasteiger partial charge in [0.05, 0.1) is 19.3 Å². The number of nitrogens with two attached hydrogens (primary N) is 1. The lowest BCUT2D eigenvalue weighted by Gasteiger charge is -2.10. The first kappa shape index (κ1) is 18.7. The second-order valence-corrected chi connectivity index (χ2v) is 6.44. The second kappa shape index (κ2) is 9.00. The summed E-state index contributed by atoms with van der Waals surface area (Å²) in [7, 11) is 0. The van der Waals surface area contributed by atoms with E-state index in [0.29, 0.717) is 44.0 Å². The monoisotopic (exact) mass is 365 g/mol. The maximum atomic E-state index is 12.2. The number of fused-ring (bicyclic) bond motifs is 1. The number of hydrogen-bond donors (Lipinski definition) is 2. The van der Waals surface area contributed by atoms with E-state index in [1.807, 2.05) is 0 Å². The number of imidazole rings is 1. The van der Waals surface area contributed by atoms with E-state index in [-0.39, 0.29) is 23.6 Å². The van der Waals surface area contributed by atoms with Crippen molar-refractivity contribution in [1.29, 1.82) is 0 Å². The molecule has 26 heavy (non-hydrogen) atoms. The number of aromatic amines is 1. The third-order valence-corrected chi connectivity index (χ3v) is 4.36. The molecule has 3 heterocycles. The molecule has 0 aromatic carbocycles. The van der Waals surface area contributed by atoms with Gasteiger partial charge in [0.15, 0.2) is 11.5 Å². The summed E-state index contributed by atoms with van der Waals surface area (Å²) in [4.78, 5) is 23.4. The zero-order valence-electron chi connectivity index (χ0n) is 15.2. The van der Waals surface area contributed by atoms with Crippen LogP contribution in [0.1, 0.15) is 39.0 Å². The molecule has 144 valence electrons. The van der Waals surface area contributed by atoms with Crippen LogP contribution >= 0.6 is 0 Å². The molecule has 1 atom stereocenters. The summed E-state index contributed by atoms with van der Waals surface area (Å²) in [6, 6.07) is 0.200. The summed E-state index contributed by atoms with van der Waals surface area (Å²) in [5, 5.41) is 0. The van der Waals surface area contributed by atoms with E-state index >= 15 is 0 Å². The molecule has 2 aromatic heterocycles. The van der Waals surface area contributed by atoms with E-state index in [0.717, 1.165) is 32.3 Å². The highest BCUT2D eigenvalue weighted by molar-refractivity contribution is 5.81. The first-order chi connectivity index (χ1) is 12.7. The minimum Gasteiger partial charge on any atom is -0.463 e. The number of unbranched alkanes of at least 4 members (excludes halogenated alkanes) is 1. The molecule has 3 N–H and O–H groups in total. The summed E-state index contributed by atoms with van der Waals surface area (Å²) >= 11 is 0. The van der Waals surface area contributed by atoms with Crippen molar-refractivity contribution in [2.75, 3.05) is 32.2 Å². The molecule has 9 heteroatoms. The highest BCUT2D eigenvalue weighted by Crippen LogP contribution is 2.18. The molecule has 2 aromatic rings. The molecule has 1 aliphatic heterocycles. The smallest absolute Gasteiger partial charge is 0.327 e. The second-order valence-electron chi connectivity index (χ2n) is 6.44. The molecule has 0 spiro atoms. The van der Waals surface area contributed by atoms with Gasteiger partial charge in [-0.2, -0.15) is 9.97 Å². The van der Waals surface area contributed by atoms with E-state index in [1.165, 1.54) is 0 Å². The number of aromatic nitrogens is 4. The molecule has 1 aliphatic rings. The van der Waals surface area contributed by atoms with Crippen molar-refractivity contribution in [3.63, 3.8) is 0 Å². The van der Waals surface area contributed by atoms with Crippen LogP contribution in [0.2, 0.25) is 0 Å². The quantitative estimate of drug-likeness (QED) is 0.612. The van der Waals surface area contributed by atoms with Gasteiger partial charge in [0.25, 0.3) is 0 Å². The molecule has 3 rings (SSSR count). The highest BCUT2D eigenvalue weighted by Gasteiger charge is 2.16. The molecule has 0 amide bonds. The van der Waals surface area contributed by atoms with Crippen LogP contribution in [0.4, 0.5) is 5.82 Å². The zero-order chi connectivity index (χ0) is 18.4. The van der Waals surface area contributed by atoms with Crippen LogP contribution < -0.4 is 16.2 Å². The lowest BCUT2D eigenvalue weighted by atomic mass is 10.2. The molecular formula is C17H27N5O4. The molecule has 0 saturated carbocycles. The largest absolute Gasteiger partial charge is 0.463 e. The van der Waals surface area contributed by atoms with Crippen LogP contribution in [0.3, 0.4) is 0 Å². The summed E-state index contributed by atoms with van der Waals surface area (Å²) in [6.07, 6.45) is 4.97. The van der Waals surface area contributed by atoms with Gasteiger partial charge in [0, 0.05) is 19.8 Å². The Bertz CT molecular complexity index is 766. The van der Waals surface area contributed by atoms with Gasteiger partial charge in [0.1, 0.15) is 5.52 Å². The molecule has 1 unspecified atom stereocenters. The topological polar surface area (TPSA) is 117 Å². The first-order valence-corrected chi connectivity index (χ1v) is 9.27. The zero-order valence-corrected chi connectivity index (χ0v) is 15.2. The maximum Gasteiger partial charge on any atom is 0.327 e. The van der Waals surface area contributed by atoms with E-state index in [1.54, 1.807) is 4.57 Å². The summed E-state index contributed by atoms with van der Waals surface area (Å²) in [6.45, 7) is 5.06. The Morgan fingerprint density at radius 1 is 1.35 bits per heavy atom. The number of aryl methyl sites for hydroxylation is 1. The normalized spacial score (nSPS) is 17.2. The standard InChI is InChI=1S/C17H27N5O4/c1-2-3-9-26-16-20-14(18)13-15(21-16)22(17(23)19-13)7-5-8-24-11-12-6-4-10-25-12/h12H,2-11H2,1H3,(H,19,23)(H2,18,20,21). The fraction of sp³-hybridized carbons (Fsp3) is 0.706. The number of nitrogens with zero attached hydrogens (tertiary/aromatic N) is 3. The van der Waals surface area contributed by atoms with Crippen molar-refractivity contribution in [3.8, 4) is 6.01 Å². The minimum absolute atomic E-state index is 0.200. The van der Waals surface area contributed by atoms with Crippen LogP contribution in [0.15, 0.2) is 4.79 Å². The summed E-state index contributed by atoms with van der Waals surface area (Å²) in [5.41, 5.74) is 6.59. The average molecular weight is 365 g/mol. The third-order valence-electron chi connectivity index (χ3n) is 4.36. The van der Waals surface area contributed by atoms with Crippen LogP contribution in [0.25, 0.3) is 11.2 Å². The Morgan fingerprint density at radius 2 is 2.23 bits per heavy atom. The Labute approximate surface area is 151 Å². The highest BCUT2D eigenvalue weighted by atomic mass is 16.5. The van der Waals surface area contributed by atoms with Crippen LogP contribution in [-0.4, -0.2) is 52.1 Å². The van der Waals surface area contributed by atoms with Crippen molar-refractivity contribution < 1.29 is 14.2 Å². The van der Waals surface area contributed by atoms with Crippen molar-refractivity contribution in [2.24, 2.45) is 0 Å². The van der Waals surface area contributed by atoms with E-state index in [4.69, 9.17) is 19.9 Å². The molecular weight excluding hydrogens is 338 g/mol. The van der Waals surface area contributed by atoms with Gasteiger partial charge in [-0.05, 0) is 25.7 Å². The predicted molar refractivity (Wildman–Crippen MR) is 97.4 cm³/mol. The van der Waals surface area contributed by atoms with E-state index in [9.17, 15) is 4.79 Å². The van der Waals surface area contributed by atoms with E-state index in [2.05, 4.69) is 21.9 Å². The first-order valence-electron chi connectivity index (χ1n) is 9.27. The Kier molecular flexibility index (Phi) is 6.45. The van der Waals surface area contributed by atoms with Crippen LogP contribution in [0.5, 0.6) is 6.01 Å². The van der Waals surface area contributed by atoms with Crippen molar-refractivity contribution in [3.05, 3.63) is 10.5 Å². The number of ether oxygens (including phenoxy) is 3.